The molecule has 8 N–H and O–H groups in total. The average molecular weight is 905 g/mol. The molecule has 14 atom stereocenters. The zero-order chi connectivity index (χ0) is 45.6. The van der Waals surface area contributed by atoms with Crippen LogP contribution < -0.4 is 10.1 Å². The third-order valence-electron chi connectivity index (χ3n) is 19.5. The van der Waals surface area contributed by atoms with Crippen LogP contribution in [0.1, 0.15) is 68.2 Å². The minimum Gasteiger partial charge on any atom is -0.508 e. The summed E-state index contributed by atoms with van der Waals surface area (Å²) in [6, 6.07) is 21.6. The molecule has 1 aromatic heterocycles. The normalized spacial score (nSPS) is 41.2. The number of nitrogens with one attached hydrogen (secondary N) is 2. The van der Waals surface area contributed by atoms with Gasteiger partial charge in [-0.3, -0.25) is 0 Å². The molecule has 5 aromatic rings. The second kappa shape index (κ2) is 13.5. The van der Waals surface area contributed by atoms with Gasteiger partial charge in [0.05, 0.1) is 34.9 Å². The van der Waals surface area contributed by atoms with E-state index in [2.05, 4.69) is 40.7 Å². The highest BCUT2D eigenvalue weighted by molar-refractivity contribution is 6.14. The number of aromatic nitrogens is 1. The van der Waals surface area contributed by atoms with E-state index in [-0.39, 0.29) is 40.4 Å². The molecule has 9 aliphatic rings. The summed E-state index contributed by atoms with van der Waals surface area (Å²) in [4.78, 5) is 18.6. The van der Waals surface area contributed by atoms with Crippen LogP contribution in [-0.2, 0) is 26.3 Å². The maximum Gasteiger partial charge on any atom is 0.343 e. The lowest BCUT2D eigenvalue weighted by Crippen LogP contribution is -2.83. The number of H-pyrrole nitrogens is 1. The number of rotatable bonds is 5. The lowest BCUT2D eigenvalue weighted by Gasteiger charge is -2.73. The van der Waals surface area contributed by atoms with Crippen LogP contribution in [0.2, 0.25) is 0 Å². The monoisotopic (exact) mass is 904 g/mol. The maximum atomic E-state index is 15.3. The van der Waals surface area contributed by atoms with Crippen molar-refractivity contribution in [3.63, 3.8) is 0 Å². The lowest BCUT2D eigenvalue weighted by molar-refractivity contribution is -0.370. The third-order valence-corrected chi connectivity index (χ3v) is 19.5. The fraction of sp³-hybridized carbons (Fsp3) is 0.473. The summed E-state index contributed by atoms with van der Waals surface area (Å²) >= 11 is 0. The highest BCUT2D eigenvalue weighted by atomic mass is 16.7. The van der Waals surface area contributed by atoms with E-state index in [4.69, 9.17) is 14.2 Å². The highest BCUT2D eigenvalue weighted by Crippen LogP contribution is 2.83. The van der Waals surface area contributed by atoms with Crippen LogP contribution >= 0.6 is 0 Å². The van der Waals surface area contributed by atoms with E-state index in [1.807, 2.05) is 61.7 Å². The highest BCUT2D eigenvalue weighted by Gasteiger charge is 2.88. The molecule has 3 spiro atoms. The number of aliphatic hydroxyl groups is 5. The van der Waals surface area contributed by atoms with Gasteiger partial charge in [-0.25, -0.2) is 4.79 Å². The molecular weight excluding hydrogens is 849 g/mol. The van der Waals surface area contributed by atoms with Crippen molar-refractivity contribution in [2.75, 3.05) is 13.6 Å². The first kappa shape index (κ1) is 41.1. The molecule has 4 saturated carbocycles. The van der Waals surface area contributed by atoms with Gasteiger partial charge in [-0.2, -0.15) is 0 Å². The predicted octanol–water partition coefficient (Wildman–Crippen LogP) is 6.18. The van der Waals surface area contributed by atoms with Gasteiger partial charge in [0.25, 0.3) is 0 Å². The van der Waals surface area contributed by atoms with Gasteiger partial charge in [0.15, 0.2) is 17.5 Å². The number of carbonyl (C=O) groups is 1. The molecule has 14 rings (SSSR count). The van der Waals surface area contributed by atoms with Crippen molar-refractivity contribution in [1.29, 1.82) is 0 Å². The van der Waals surface area contributed by atoms with Gasteiger partial charge >= 0.3 is 5.97 Å². The van der Waals surface area contributed by atoms with Crippen molar-refractivity contribution in [2.24, 2.45) is 40.4 Å². The molecule has 346 valence electrons. The van der Waals surface area contributed by atoms with Crippen LogP contribution in [0.4, 0.5) is 0 Å². The molecule has 0 amide bonds. The molecule has 2 saturated heterocycles. The summed E-state index contributed by atoms with van der Waals surface area (Å²) in [6.45, 7) is 0.00540. The van der Waals surface area contributed by atoms with E-state index in [0.717, 1.165) is 71.2 Å². The van der Waals surface area contributed by atoms with Gasteiger partial charge in [0.1, 0.15) is 18.0 Å². The van der Waals surface area contributed by atoms with Gasteiger partial charge in [-0.1, -0.05) is 73.5 Å². The van der Waals surface area contributed by atoms with Crippen molar-refractivity contribution < 1.29 is 49.6 Å². The van der Waals surface area contributed by atoms with Gasteiger partial charge < -0.3 is 55.2 Å². The van der Waals surface area contributed by atoms with E-state index in [0.29, 0.717) is 35.9 Å². The summed E-state index contributed by atoms with van der Waals surface area (Å²) in [5.74, 6) is -4.92. The van der Waals surface area contributed by atoms with Crippen molar-refractivity contribution in [3.8, 4) is 11.5 Å². The number of aromatic amines is 1. The number of hydrogen-bond acceptors (Lipinski definition) is 11. The van der Waals surface area contributed by atoms with E-state index in [1.165, 1.54) is 0 Å². The number of hydrogen-bond donors (Lipinski definition) is 8. The number of phenols is 1. The van der Waals surface area contributed by atoms with Crippen LogP contribution in [0.3, 0.4) is 0 Å². The Bertz CT molecular complexity index is 3080. The molecule has 3 heterocycles. The number of benzene rings is 4. The Hall–Kier alpha value is -4.89. The first-order chi connectivity index (χ1) is 32.4. The number of esters is 1. The van der Waals surface area contributed by atoms with Crippen molar-refractivity contribution in [3.05, 3.63) is 113 Å². The smallest absolute Gasteiger partial charge is 0.343 e. The van der Waals surface area contributed by atoms with Gasteiger partial charge in [-0.05, 0) is 143 Å². The number of phenolic OH excluding ortho intramolecular Hbond substituents is 1. The maximum absolute atomic E-state index is 15.3. The van der Waals surface area contributed by atoms with Crippen molar-refractivity contribution >= 4 is 44.5 Å². The molecular formula is C55H56N2O10. The summed E-state index contributed by atoms with van der Waals surface area (Å²) < 4.78 is 20.6. The molecule has 2 bridgehead atoms. The molecule has 0 radical (unpaired) electrons. The Morgan fingerprint density at radius 1 is 0.955 bits per heavy atom. The first-order valence-corrected chi connectivity index (χ1v) is 24.4. The summed E-state index contributed by atoms with van der Waals surface area (Å²) in [7, 11) is 1.89. The van der Waals surface area contributed by atoms with E-state index in [1.54, 1.807) is 12.1 Å². The van der Waals surface area contributed by atoms with Gasteiger partial charge in [0.2, 0.25) is 5.79 Å². The molecule has 67 heavy (non-hydrogen) atoms. The zero-order valence-electron chi connectivity index (χ0n) is 37.3. The van der Waals surface area contributed by atoms with E-state index >= 15 is 4.79 Å². The Labute approximate surface area is 386 Å². The standard InChI is InChI=1S/C55H56N2O10/c1-56-26-33-23-38-44-32-14-19-52(38,51(47(33)61)18-15-34-25-50(16-4-5-17-50)41-13-9-31-21-35(59)10-11-37(31)53(34,41)51)67-48-46(66-55(64,42(60)24-32)54(44,48)63)49(62)65-45-40(27-58)57-39-12-8-30-20-28-6-2-3-7-29(28)22-36(30)43(39)45/h2-3,6-14,19-22,24,33-34,38,41-42,44,46-48,56-61,63-64H,4-5,15-18,23,25-27H2,1H3/t33-,34-,38+,41-,42-,44-,46+,47-,48-,51-,52+,53+,54+,55-/m0/s1. The van der Waals surface area contributed by atoms with Crippen LogP contribution in [0, 0.1) is 40.4 Å². The molecule has 2 aliphatic heterocycles. The quantitative estimate of drug-likeness (QED) is 0.0742. The Morgan fingerprint density at radius 2 is 1.76 bits per heavy atom. The lowest BCUT2D eigenvalue weighted by atomic mass is 9.36. The van der Waals surface area contributed by atoms with Crippen LogP contribution in [0.25, 0.3) is 38.5 Å². The Balaban J connectivity index is 0.971. The molecule has 6 fully saturated rings. The zero-order valence-corrected chi connectivity index (χ0v) is 37.3. The second-order valence-electron chi connectivity index (χ2n) is 21.8. The van der Waals surface area contributed by atoms with Gasteiger partial charge in [0, 0.05) is 29.2 Å². The van der Waals surface area contributed by atoms with E-state index in [9.17, 15) is 30.6 Å². The molecule has 7 aliphatic carbocycles. The van der Waals surface area contributed by atoms with Gasteiger partial charge in [-0.15, -0.1) is 0 Å². The Morgan fingerprint density at radius 3 is 2.55 bits per heavy atom. The van der Waals surface area contributed by atoms with Crippen molar-refractivity contribution in [1.82, 2.24) is 10.3 Å². The number of aliphatic hydroxyl groups excluding tert-OH is 3. The summed E-state index contributed by atoms with van der Waals surface area (Å²) in [6.07, 6.45) is 11.3. The van der Waals surface area contributed by atoms with E-state index < -0.39 is 76.6 Å². The second-order valence-corrected chi connectivity index (χ2v) is 21.8. The average Bonchev–Trinajstić information content (AvgIpc) is 4.12. The molecule has 12 nitrogen and oxygen atoms in total. The summed E-state index contributed by atoms with van der Waals surface area (Å²) in [5, 5.41) is 81.5. The minimum absolute atomic E-state index is 0.0109. The predicted molar refractivity (Wildman–Crippen MR) is 248 cm³/mol. The topological polar surface area (TPSA) is 194 Å². The SMILES string of the molecule is CNC[C@@H]1C[C@@H]2[C@@H]3C4=C[C@H](O)[C@]5(O)O[C@@H](C(=O)Oc6c(CO)[nH]c7ccc8cc9ccccc9cc8c67)[C@H](O[C@@]2(C=C4)[C@]2(CC[C@H]4CC6(CCCC6)[C@@H]6C=Cc7cc(O)ccc7[C@]462)[C@H]1O)[C@]35O. The third kappa shape index (κ3) is 4.61. The number of allylic oxidation sites excluding steroid dienone is 2. The molecule has 0 unspecified atom stereocenters. The molecule has 12 heteroatoms. The number of ether oxygens (including phenoxy) is 3. The molecule has 4 aromatic carbocycles. The van der Waals surface area contributed by atoms with Crippen LogP contribution in [0.5, 0.6) is 11.5 Å². The number of carbonyl (C=O) groups excluding carboxylic acids is 1. The Kier molecular flexibility index (Phi) is 8.26. The van der Waals surface area contributed by atoms with Crippen LogP contribution in [-0.4, -0.2) is 96.6 Å². The fourth-order valence-corrected chi connectivity index (χ4v) is 17.5. The fourth-order valence-electron chi connectivity index (χ4n) is 17.5. The minimum atomic E-state index is -2.68. The van der Waals surface area contributed by atoms with Crippen molar-refractivity contribution in [2.45, 2.75) is 105 Å². The first-order valence-electron chi connectivity index (χ1n) is 24.4. The largest absolute Gasteiger partial charge is 0.508 e. The van der Waals surface area contributed by atoms with Crippen LogP contribution in [0.15, 0.2) is 96.6 Å². The number of fused-ring (bicyclic) bond motifs is 6. The summed E-state index contributed by atoms with van der Waals surface area (Å²) in [5.41, 5.74) is -1.89. The number of aromatic hydroxyl groups is 1.